The molecule has 22 heavy (non-hydrogen) atoms. The first-order valence-electron chi connectivity index (χ1n) is 7.19. The van der Waals surface area contributed by atoms with Crippen LogP contribution in [0.2, 0.25) is 0 Å². The van der Waals surface area contributed by atoms with Crippen LogP contribution in [0.1, 0.15) is 23.0 Å². The highest BCUT2D eigenvalue weighted by Gasteiger charge is 2.25. The van der Waals surface area contributed by atoms with E-state index in [2.05, 4.69) is 33.5 Å². The topological polar surface area (TPSA) is 49.9 Å². The molecule has 1 atom stereocenters. The van der Waals surface area contributed by atoms with Gasteiger partial charge in [0.05, 0.1) is 18.8 Å². The predicted molar refractivity (Wildman–Crippen MR) is 89.9 cm³/mol. The van der Waals surface area contributed by atoms with E-state index >= 15 is 0 Å². The Morgan fingerprint density at radius 2 is 2.14 bits per heavy atom. The quantitative estimate of drug-likeness (QED) is 0.763. The van der Waals surface area contributed by atoms with E-state index in [1.54, 1.807) is 7.11 Å². The molecule has 0 aliphatic carbocycles. The molecule has 0 saturated carbocycles. The second kappa shape index (κ2) is 5.99. The van der Waals surface area contributed by atoms with Crippen molar-refractivity contribution in [1.82, 2.24) is 15.3 Å². The smallest absolute Gasteiger partial charge is 0.119 e. The Hall–Kier alpha value is -2.04. The molecule has 0 fully saturated rings. The van der Waals surface area contributed by atoms with Crippen LogP contribution >= 0.6 is 12.4 Å². The fraction of sp³-hybridized carbons (Fsp3) is 0.235. The summed E-state index contributed by atoms with van der Waals surface area (Å²) in [5, 5.41) is 4.81. The highest BCUT2D eigenvalue weighted by atomic mass is 35.5. The van der Waals surface area contributed by atoms with Gasteiger partial charge in [0, 0.05) is 29.3 Å². The van der Waals surface area contributed by atoms with Gasteiger partial charge in [0.2, 0.25) is 0 Å². The van der Waals surface area contributed by atoms with E-state index in [1.165, 1.54) is 16.6 Å². The van der Waals surface area contributed by atoms with Gasteiger partial charge in [-0.15, -0.1) is 12.4 Å². The number of rotatable bonds is 2. The van der Waals surface area contributed by atoms with Crippen molar-refractivity contribution in [2.75, 3.05) is 13.7 Å². The van der Waals surface area contributed by atoms with Crippen LogP contribution in [-0.4, -0.2) is 23.6 Å². The molecule has 2 aromatic heterocycles. The van der Waals surface area contributed by atoms with Crippen molar-refractivity contribution in [3.05, 3.63) is 59.5 Å². The molecule has 0 bridgehead atoms. The van der Waals surface area contributed by atoms with E-state index in [9.17, 15) is 0 Å². The molecule has 2 N–H and O–H groups in total. The summed E-state index contributed by atoms with van der Waals surface area (Å²) in [5.74, 6) is 0.900. The molecule has 0 amide bonds. The third kappa shape index (κ3) is 2.34. The van der Waals surface area contributed by atoms with Crippen molar-refractivity contribution in [2.24, 2.45) is 0 Å². The standard InChI is InChI=1S/C17H17N3O.ClH/c1-21-11-5-6-14-13(10-11)12-7-9-19-17(16(12)20-14)15-4-2-3-8-18-15;/h2-6,8,10,17,19-20H,7,9H2,1H3;1H. The molecule has 0 radical (unpaired) electrons. The molecule has 0 saturated heterocycles. The number of aromatic amines is 1. The number of fused-ring (bicyclic) bond motifs is 3. The normalized spacial score (nSPS) is 16.9. The molecule has 0 spiro atoms. The molecule has 5 heteroatoms. The average molecular weight is 316 g/mol. The Labute approximate surface area is 135 Å². The van der Waals surface area contributed by atoms with Gasteiger partial charge >= 0.3 is 0 Å². The summed E-state index contributed by atoms with van der Waals surface area (Å²) in [6, 6.07) is 12.4. The minimum Gasteiger partial charge on any atom is -0.497 e. The van der Waals surface area contributed by atoms with E-state index in [-0.39, 0.29) is 18.4 Å². The van der Waals surface area contributed by atoms with Gasteiger partial charge in [-0.05, 0) is 42.3 Å². The molecular weight excluding hydrogens is 298 g/mol. The highest BCUT2D eigenvalue weighted by Crippen LogP contribution is 2.34. The van der Waals surface area contributed by atoms with Gasteiger partial charge in [-0.3, -0.25) is 4.98 Å². The summed E-state index contributed by atoms with van der Waals surface area (Å²) in [6.45, 7) is 0.957. The molecule has 3 heterocycles. The summed E-state index contributed by atoms with van der Waals surface area (Å²) >= 11 is 0. The van der Waals surface area contributed by atoms with E-state index in [0.29, 0.717) is 0 Å². The zero-order valence-corrected chi connectivity index (χ0v) is 13.1. The van der Waals surface area contributed by atoms with Gasteiger partial charge in [-0.25, -0.2) is 0 Å². The van der Waals surface area contributed by atoms with Crippen LogP contribution in [-0.2, 0) is 6.42 Å². The van der Waals surface area contributed by atoms with Crippen molar-refractivity contribution >= 4 is 23.3 Å². The number of ether oxygens (including phenoxy) is 1. The number of aromatic nitrogens is 2. The van der Waals surface area contributed by atoms with Crippen LogP contribution in [0.5, 0.6) is 5.75 Å². The number of methoxy groups -OCH3 is 1. The lowest BCUT2D eigenvalue weighted by Gasteiger charge is -2.23. The van der Waals surface area contributed by atoms with Crippen molar-refractivity contribution in [3.63, 3.8) is 0 Å². The monoisotopic (exact) mass is 315 g/mol. The van der Waals surface area contributed by atoms with Crippen LogP contribution in [0.15, 0.2) is 42.6 Å². The molecule has 1 aromatic carbocycles. The van der Waals surface area contributed by atoms with Gasteiger partial charge in [-0.2, -0.15) is 0 Å². The van der Waals surface area contributed by atoms with Crippen molar-refractivity contribution in [1.29, 1.82) is 0 Å². The molecule has 1 aliphatic heterocycles. The summed E-state index contributed by atoms with van der Waals surface area (Å²) < 4.78 is 5.35. The van der Waals surface area contributed by atoms with Crippen LogP contribution in [0.25, 0.3) is 10.9 Å². The summed E-state index contributed by atoms with van der Waals surface area (Å²) in [5.41, 5.74) is 4.81. The number of benzene rings is 1. The molecular formula is C17H18ClN3O. The summed E-state index contributed by atoms with van der Waals surface area (Å²) in [4.78, 5) is 8.06. The minimum absolute atomic E-state index is 0. The number of hydrogen-bond donors (Lipinski definition) is 2. The number of hydrogen-bond acceptors (Lipinski definition) is 3. The summed E-state index contributed by atoms with van der Waals surface area (Å²) in [7, 11) is 1.71. The molecule has 4 rings (SSSR count). The lowest BCUT2D eigenvalue weighted by Crippen LogP contribution is -2.30. The zero-order chi connectivity index (χ0) is 14.2. The number of halogens is 1. The lowest BCUT2D eigenvalue weighted by molar-refractivity contribution is 0.415. The summed E-state index contributed by atoms with van der Waals surface area (Å²) in [6.07, 6.45) is 2.86. The van der Waals surface area contributed by atoms with E-state index in [0.717, 1.165) is 29.9 Å². The van der Waals surface area contributed by atoms with E-state index < -0.39 is 0 Å². The van der Waals surface area contributed by atoms with E-state index in [4.69, 9.17) is 4.74 Å². The Kier molecular flexibility index (Phi) is 4.05. The van der Waals surface area contributed by atoms with Crippen molar-refractivity contribution < 1.29 is 4.74 Å². The second-order valence-electron chi connectivity index (χ2n) is 5.32. The van der Waals surface area contributed by atoms with Gasteiger partial charge in [0.25, 0.3) is 0 Å². The Morgan fingerprint density at radius 1 is 1.23 bits per heavy atom. The maximum absolute atomic E-state index is 5.35. The highest BCUT2D eigenvalue weighted by molar-refractivity contribution is 5.86. The third-order valence-corrected chi connectivity index (χ3v) is 4.14. The van der Waals surface area contributed by atoms with Crippen LogP contribution in [0.3, 0.4) is 0 Å². The van der Waals surface area contributed by atoms with Crippen molar-refractivity contribution in [2.45, 2.75) is 12.5 Å². The van der Waals surface area contributed by atoms with Crippen LogP contribution < -0.4 is 10.1 Å². The SMILES string of the molecule is COc1ccc2[nH]c3c(c2c1)CCNC3c1ccccn1.Cl. The maximum atomic E-state index is 5.35. The predicted octanol–water partition coefficient (Wildman–Crippen LogP) is 3.23. The fourth-order valence-electron chi connectivity index (χ4n) is 3.13. The van der Waals surface area contributed by atoms with Gasteiger partial charge in [-0.1, -0.05) is 6.07 Å². The largest absolute Gasteiger partial charge is 0.497 e. The van der Waals surface area contributed by atoms with Gasteiger partial charge in [0.15, 0.2) is 0 Å². The second-order valence-corrected chi connectivity index (χ2v) is 5.32. The van der Waals surface area contributed by atoms with Crippen LogP contribution in [0, 0.1) is 0 Å². The molecule has 114 valence electrons. The van der Waals surface area contributed by atoms with Gasteiger partial charge < -0.3 is 15.0 Å². The maximum Gasteiger partial charge on any atom is 0.119 e. The fourth-order valence-corrected chi connectivity index (χ4v) is 3.13. The Balaban J connectivity index is 0.00000144. The minimum atomic E-state index is 0. The average Bonchev–Trinajstić information content (AvgIpc) is 2.93. The number of nitrogens with one attached hydrogen (secondary N) is 2. The first-order chi connectivity index (χ1) is 10.4. The number of nitrogens with zero attached hydrogens (tertiary/aromatic N) is 1. The Bertz CT molecular complexity index is 785. The number of pyridine rings is 1. The zero-order valence-electron chi connectivity index (χ0n) is 12.3. The van der Waals surface area contributed by atoms with Crippen molar-refractivity contribution in [3.8, 4) is 5.75 Å². The van der Waals surface area contributed by atoms with E-state index in [1.807, 2.05) is 24.4 Å². The first-order valence-corrected chi connectivity index (χ1v) is 7.19. The van der Waals surface area contributed by atoms with Gasteiger partial charge in [0.1, 0.15) is 5.75 Å². The molecule has 3 aromatic rings. The first kappa shape index (κ1) is 14.9. The number of H-pyrrole nitrogens is 1. The Morgan fingerprint density at radius 3 is 2.91 bits per heavy atom. The third-order valence-electron chi connectivity index (χ3n) is 4.14. The molecule has 4 nitrogen and oxygen atoms in total. The van der Waals surface area contributed by atoms with Crippen LogP contribution in [0.4, 0.5) is 0 Å². The molecule has 1 unspecified atom stereocenters. The molecule has 1 aliphatic rings. The lowest BCUT2D eigenvalue weighted by atomic mass is 9.97.